The zero-order valence-electron chi connectivity index (χ0n) is 13.3. The number of thiazole rings is 1. The highest BCUT2D eigenvalue weighted by Crippen LogP contribution is 2.21. The van der Waals surface area contributed by atoms with E-state index in [0.717, 1.165) is 16.0 Å². The molecule has 2 aromatic carbocycles. The second-order valence-electron chi connectivity index (χ2n) is 5.65. The molecule has 3 aromatic rings. The predicted molar refractivity (Wildman–Crippen MR) is 94.8 cm³/mol. The van der Waals surface area contributed by atoms with Crippen LogP contribution in [0.4, 0.5) is 9.52 Å². The predicted octanol–water partition coefficient (Wildman–Crippen LogP) is 4.36. The molecule has 0 aliphatic carbocycles. The van der Waals surface area contributed by atoms with E-state index in [4.69, 9.17) is 0 Å². The second-order valence-corrected chi connectivity index (χ2v) is 6.76. The van der Waals surface area contributed by atoms with Gasteiger partial charge in [0.2, 0.25) is 5.91 Å². The van der Waals surface area contributed by atoms with Gasteiger partial charge in [0.15, 0.2) is 5.13 Å². The van der Waals surface area contributed by atoms with E-state index >= 15 is 0 Å². The molecule has 0 saturated carbocycles. The molecule has 1 N–H and O–H groups in total. The molecule has 0 atom stereocenters. The number of hydrogen-bond acceptors (Lipinski definition) is 3. The molecule has 0 aliphatic rings. The van der Waals surface area contributed by atoms with Gasteiger partial charge in [0.25, 0.3) is 0 Å². The number of benzene rings is 2. The van der Waals surface area contributed by atoms with E-state index in [-0.39, 0.29) is 11.7 Å². The van der Waals surface area contributed by atoms with Gasteiger partial charge in [0.05, 0.1) is 6.42 Å². The van der Waals surface area contributed by atoms with Crippen LogP contribution in [-0.2, 0) is 17.6 Å². The first kappa shape index (κ1) is 16.3. The lowest BCUT2D eigenvalue weighted by Crippen LogP contribution is -2.14. The number of aromatic nitrogens is 1. The normalized spacial score (nSPS) is 10.6. The molecule has 1 heterocycles. The molecule has 0 radical (unpaired) electrons. The smallest absolute Gasteiger partial charge is 0.230 e. The van der Waals surface area contributed by atoms with Crippen molar-refractivity contribution >= 4 is 22.4 Å². The van der Waals surface area contributed by atoms with E-state index in [0.29, 0.717) is 18.0 Å². The molecule has 122 valence electrons. The lowest BCUT2D eigenvalue weighted by atomic mass is 10.1. The minimum absolute atomic E-state index is 0.0819. The Morgan fingerprint density at radius 1 is 1.08 bits per heavy atom. The zero-order valence-corrected chi connectivity index (χ0v) is 14.1. The molecular weight excluding hydrogens is 323 g/mol. The summed E-state index contributed by atoms with van der Waals surface area (Å²) in [6.07, 6.45) is 2.74. The van der Waals surface area contributed by atoms with E-state index in [1.54, 1.807) is 18.3 Å². The van der Waals surface area contributed by atoms with Gasteiger partial charge in [-0.1, -0.05) is 42.0 Å². The Labute approximate surface area is 144 Å². The summed E-state index contributed by atoms with van der Waals surface area (Å²) >= 11 is 1.44. The van der Waals surface area contributed by atoms with Crippen molar-refractivity contribution in [2.24, 2.45) is 0 Å². The standard InChI is InChI=1S/C19H17FN2OS/c1-13-2-4-15(5-3-13)11-18(23)22-19-21-12-17(24-19)10-14-6-8-16(20)9-7-14/h2-9,12H,10-11H2,1H3,(H,21,22,23). The molecule has 0 saturated heterocycles. The van der Waals surface area contributed by atoms with Crippen LogP contribution in [0.2, 0.25) is 0 Å². The average Bonchev–Trinajstić information content (AvgIpc) is 2.99. The van der Waals surface area contributed by atoms with Gasteiger partial charge in [-0.2, -0.15) is 0 Å². The largest absolute Gasteiger partial charge is 0.302 e. The van der Waals surface area contributed by atoms with Crippen LogP contribution in [-0.4, -0.2) is 10.9 Å². The Morgan fingerprint density at radius 2 is 1.75 bits per heavy atom. The van der Waals surface area contributed by atoms with Crippen molar-refractivity contribution in [2.75, 3.05) is 5.32 Å². The molecule has 24 heavy (non-hydrogen) atoms. The van der Waals surface area contributed by atoms with Crippen LogP contribution in [0.5, 0.6) is 0 Å². The van der Waals surface area contributed by atoms with E-state index in [1.807, 2.05) is 31.2 Å². The fraction of sp³-hybridized carbons (Fsp3) is 0.158. The van der Waals surface area contributed by atoms with E-state index < -0.39 is 0 Å². The quantitative estimate of drug-likeness (QED) is 0.750. The number of carbonyl (C=O) groups excluding carboxylic acids is 1. The van der Waals surface area contributed by atoms with Crippen LogP contribution >= 0.6 is 11.3 Å². The topological polar surface area (TPSA) is 42.0 Å². The van der Waals surface area contributed by atoms with E-state index in [9.17, 15) is 9.18 Å². The highest BCUT2D eigenvalue weighted by atomic mass is 32.1. The van der Waals surface area contributed by atoms with Crippen molar-refractivity contribution in [3.63, 3.8) is 0 Å². The van der Waals surface area contributed by atoms with Gasteiger partial charge in [0.1, 0.15) is 5.82 Å². The summed E-state index contributed by atoms with van der Waals surface area (Å²) in [5.41, 5.74) is 3.16. The summed E-state index contributed by atoms with van der Waals surface area (Å²) < 4.78 is 12.9. The summed E-state index contributed by atoms with van der Waals surface area (Å²) in [4.78, 5) is 17.3. The molecule has 5 heteroatoms. The SMILES string of the molecule is Cc1ccc(CC(=O)Nc2ncc(Cc3ccc(F)cc3)s2)cc1. The van der Waals surface area contributed by atoms with Gasteiger partial charge in [-0.25, -0.2) is 9.37 Å². The third-order valence-corrected chi connectivity index (χ3v) is 4.49. The van der Waals surface area contributed by atoms with Crippen molar-refractivity contribution in [1.82, 2.24) is 4.98 Å². The third kappa shape index (κ3) is 4.49. The summed E-state index contributed by atoms with van der Waals surface area (Å²) in [5, 5.41) is 3.42. The Morgan fingerprint density at radius 3 is 2.46 bits per heavy atom. The first-order valence-electron chi connectivity index (χ1n) is 7.63. The molecule has 0 bridgehead atoms. The number of hydrogen-bond donors (Lipinski definition) is 1. The number of halogens is 1. The highest BCUT2D eigenvalue weighted by molar-refractivity contribution is 7.15. The van der Waals surface area contributed by atoms with Gasteiger partial charge in [-0.3, -0.25) is 4.79 Å². The molecule has 0 spiro atoms. The number of carbonyl (C=O) groups is 1. The number of rotatable bonds is 5. The Hall–Kier alpha value is -2.53. The van der Waals surface area contributed by atoms with E-state index in [2.05, 4.69) is 10.3 Å². The summed E-state index contributed by atoms with van der Waals surface area (Å²) in [5.74, 6) is -0.325. The molecule has 0 fully saturated rings. The maximum absolute atomic E-state index is 12.9. The van der Waals surface area contributed by atoms with Crippen molar-refractivity contribution in [3.05, 3.63) is 82.1 Å². The van der Waals surface area contributed by atoms with Crippen LogP contribution in [0, 0.1) is 12.7 Å². The highest BCUT2D eigenvalue weighted by Gasteiger charge is 2.08. The average molecular weight is 340 g/mol. The maximum Gasteiger partial charge on any atom is 0.230 e. The van der Waals surface area contributed by atoms with Crippen molar-refractivity contribution in [1.29, 1.82) is 0 Å². The van der Waals surface area contributed by atoms with Crippen LogP contribution < -0.4 is 5.32 Å². The van der Waals surface area contributed by atoms with Gasteiger partial charge in [-0.15, -0.1) is 11.3 Å². The van der Waals surface area contributed by atoms with Gasteiger partial charge in [0, 0.05) is 17.5 Å². The molecule has 1 aromatic heterocycles. The molecule has 0 unspecified atom stereocenters. The minimum Gasteiger partial charge on any atom is -0.302 e. The van der Waals surface area contributed by atoms with Crippen LogP contribution in [0.25, 0.3) is 0 Å². The van der Waals surface area contributed by atoms with Crippen LogP contribution in [0.15, 0.2) is 54.7 Å². The van der Waals surface area contributed by atoms with Crippen molar-refractivity contribution < 1.29 is 9.18 Å². The lowest BCUT2D eigenvalue weighted by molar-refractivity contribution is -0.115. The van der Waals surface area contributed by atoms with Crippen molar-refractivity contribution in [3.8, 4) is 0 Å². The molecule has 0 aliphatic heterocycles. The van der Waals surface area contributed by atoms with Crippen LogP contribution in [0.1, 0.15) is 21.6 Å². The first-order valence-corrected chi connectivity index (χ1v) is 8.45. The maximum atomic E-state index is 12.9. The zero-order chi connectivity index (χ0) is 16.9. The monoisotopic (exact) mass is 340 g/mol. The summed E-state index contributed by atoms with van der Waals surface area (Å²) in [6, 6.07) is 14.3. The minimum atomic E-state index is -0.243. The second kappa shape index (κ2) is 7.36. The Bertz CT molecular complexity index is 825. The number of nitrogens with one attached hydrogen (secondary N) is 1. The fourth-order valence-corrected chi connectivity index (χ4v) is 3.17. The first-order chi connectivity index (χ1) is 11.6. The lowest BCUT2D eigenvalue weighted by Gasteiger charge is -2.02. The Balaban J connectivity index is 1.58. The Kier molecular flexibility index (Phi) is 5.01. The molecule has 3 rings (SSSR count). The number of nitrogens with zero attached hydrogens (tertiary/aromatic N) is 1. The summed E-state index contributed by atoms with van der Waals surface area (Å²) in [7, 11) is 0. The fourth-order valence-electron chi connectivity index (χ4n) is 2.31. The molecule has 1 amide bonds. The van der Waals surface area contributed by atoms with Gasteiger partial charge in [-0.05, 0) is 30.2 Å². The summed E-state index contributed by atoms with van der Waals surface area (Å²) in [6.45, 7) is 2.02. The number of amides is 1. The van der Waals surface area contributed by atoms with Gasteiger partial charge >= 0.3 is 0 Å². The molecule has 3 nitrogen and oxygen atoms in total. The third-order valence-electron chi connectivity index (χ3n) is 3.58. The number of anilines is 1. The number of aryl methyl sites for hydroxylation is 1. The van der Waals surface area contributed by atoms with Crippen molar-refractivity contribution in [2.45, 2.75) is 19.8 Å². The van der Waals surface area contributed by atoms with Crippen LogP contribution in [0.3, 0.4) is 0 Å². The molecular formula is C19H17FN2OS. The van der Waals surface area contributed by atoms with E-state index in [1.165, 1.54) is 29.0 Å². The van der Waals surface area contributed by atoms with Gasteiger partial charge < -0.3 is 5.32 Å².